The van der Waals surface area contributed by atoms with E-state index in [9.17, 15) is 14.9 Å². The summed E-state index contributed by atoms with van der Waals surface area (Å²) in [5.41, 5.74) is 0.717. The number of nitrogens with zero attached hydrogens (tertiary/aromatic N) is 3. The summed E-state index contributed by atoms with van der Waals surface area (Å²) in [5.74, 6) is 0.160. The summed E-state index contributed by atoms with van der Waals surface area (Å²) in [6.45, 7) is 1.35. The number of halogens is 2. The zero-order valence-electron chi connectivity index (χ0n) is 13.2. The molecular weight excluding hydrogens is 399 g/mol. The summed E-state index contributed by atoms with van der Waals surface area (Å²) in [4.78, 5) is 27.0. The van der Waals surface area contributed by atoms with Gasteiger partial charge in [0.2, 0.25) is 5.16 Å². The molecular formula is C16H10Cl2N4O3S. The molecule has 2 aromatic carbocycles. The molecule has 1 aromatic heterocycles. The molecule has 0 amide bonds. The second-order valence-electron chi connectivity index (χ2n) is 5.19. The number of hydrogen-bond acceptors (Lipinski definition) is 6. The van der Waals surface area contributed by atoms with Gasteiger partial charge in [-0.3, -0.25) is 20.0 Å². The van der Waals surface area contributed by atoms with Crippen LogP contribution in [0.5, 0.6) is 0 Å². The first-order valence-electron chi connectivity index (χ1n) is 7.20. The Balaban J connectivity index is 1.92. The van der Waals surface area contributed by atoms with Gasteiger partial charge in [0, 0.05) is 33.2 Å². The summed E-state index contributed by atoms with van der Waals surface area (Å²) in [5, 5.41) is 19.1. The van der Waals surface area contributed by atoms with Crippen molar-refractivity contribution in [2.24, 2.45) is 0 Å². The van der Waals surface area contributed by atoms with E-state index in [0.29, 0.717) is 31.5 Å². The summed E-state index contributed by atoms with van der Waals surface area (Å²) in [6.07, 6.45) is 0. The van der Waals surface area contributed by atoms with E-state index in [1.165, 1.54) is 25.1 Å². The maximum atomic E-state index is 11.8. The molecule has 0 fully saturated rings. The molecule has 10 heteroatoms. The van der Waals surface area contributed by atoms with Crippen LogP contribution in [0.1, 0.15) is 17.3 Å². The number of Topliss-reactive ketones (excluding diaryl/α,β-unsaturated/α-hetero) is 1. The number of aromatic nitrogens is 3. The van der Waals surface area contributed by atoms with Crippen molar-refractivity contribution in [2.75, 3.05) is 0 Å². The first kappa shape index (κ1) is 18.4. The Kier molecular flexibility index (Phi) is 5.26. The Morgan fingerprint density at radius 1 is 1.23 bits per heavy atom. The minimum absolute atomic E-state index is 0.150. The van der Waals surface area contributed by atoms with Gasteiger partial charge in [-0.25, -0.2) is 4.98 Å². The lowest BCUT2D eigenvalue weighted by atomic mass is 10.1. The number of aromatic amines is 1. The molecule has 0 atom stereocenters. The molecule has 132 valence electrons. The lowest BCUT2D eigenvalue weighted by Gasteiger charge is -2.04. The molecule has 3 rings (SSSR count). The zero-order chi connectivity index (χ0) is 18.8. The summed E-state index contributed by atoms with van der Waals surface area (Å²) in [7, 11) is 0. The molecule has 0 aliphatic heterocycles. The van der Waals surface area contributed by atoms with Gasteiger partial charge in [-0.05, 0) is 43.0 Å². The van der Waals surface area contributed by atoms with Crippen molar-refractivity contribution in [3.8, 4) is 11.4 Å². The number of nitro benzene ring substituents is 1. The van der Waals surface area contributed by atoms with E-state index < -0.39 is 4.92 Å². The van der Waals surface area contributed by atoms with Crippen LogP contribution in [0.3, 0.4) is 0 Å². The number of carbonyl (C=O) groups excluding carboxylic acids is 1. The van der Waals surface area contributed by atoms with Gasteiger partial charge in [0.1, 0.15) is 0 Å². The number of non-ortho nitro benzene ring substituents is 1. The lowest BCUT2D eigenvalue weighted by Crippen LogP contribution is -1.98. The van der Waals surface area contributed by atoms with E-state index in [-0.39, 0.29) is 17.0 Å². The fraction of sp³-hybridized carbons (Fsp3) is 0.0625. The Morgan fingerprint density at radius 2 is 2.00 bits per heavy atom. The molecule has 1 N–H and O–H groups in total. The van der Waals surface area contributed by atoms with Crippen molar-refractivity contribution in [3.63, 3.8) is 0 Å². The second kappa shape index (κ2) is 7.45. The molecule has 26 heavy (non-hydrogen) atoms. The van der Waals surface area contributed by atoms with Crippen LogP contribution in [0.25, 0.3) is 11.4 Å². The van der Waals surface area contributed by atoms with Gasteiger partial charge in [-0.1, -0.05) is 23.2 Å². The van der Waals surface area contributed by atoms with Gasteiger partial charge in [0.25, 0.3) is 5.69 Å². The highest BCUT2D eigenvalue weighted by Gasteiger charge is 2.17. The molecule has 0 bridgehead atoms. The third-order valence-electron chi connectivity index (χ3n) is 3.41. The molecule has 0 aliphatic rings. The fourth-order valence-electron chi connectivity index (χ4n) is 2.19. The third kappa shape index (κ3) is 3.87. The van der Waals surface area contributed by atoms with Crippen LogP contribution in [-0.4, -0.2) is 25.9 Å². The molecule has 0 aliphatic carbocycles. The first-order chi connectivity index (χ1) is 12.3. The number of hydrogen-bond donors (Lipinski definition) is 1. The SMILES string of the molecule is CC(=O)c1cc([N+](=O)[O-])ccc1Sc1n[nH]c(-c2ccc(Cl)cc2Cl)n1. The van der Waals surface area contributed by atoms with Crippen molar-refractivity contribution in [1.82, 2.24) is 15.2 Å². The average Bonchev–Trinajstić information content (AvgIpc) is 3.03. The van der Waals surface area contributed by atoms with Gasteiger partial charge in [0.05, 0.1) is 9.95 Å². The summed E-state index contributed by atoms with van der Waals surface area (Å²) in [6, 6.07) is 9.07. The highest BCUT2D eigenvalue weighted by atomic mass is 35.5. The molecule has 1 heterocycles. The number of nitro groups is 1. The van der Waals surface area contributed by atoms with Gasteiger partial charge < -0.3 is 0 Å². The smallest absolute Gasteiger partial charge is 0.270 e. The van der Waals surface area contributed by atoms with Crippen LogP contribution in [0, 0.1) is 10.1 Å². The van der Waals surface area contributed by atoms with Crippen molar-refractivity contribution in [1.29, 1.82) is 0 Å². The molecule has 0 spiro atoms. The van der Waals surface area contributed by atoms with Crippen LogP contribution >= 0.6 is 35.0 Å². The normalized spacial score (nSPS) is 10.7. The van der Waals surface area contributed by atoms with E-state index in [1.807, 2.05) is 0 Å². The van der Waals surface area contributed by atoms with Crippen LogP contribution in [0.4, 0.5) is 5.69 Å². The predicted octanol–water partition coefficient (Wildman–Crippen LogP) is 5.04. The first-order valence-corrected chi connectivity index (χ1v) is 8.77. The van der Waals surface area contributed by atoms with E-state index in [4.69, 9.17) is 23.2 Å². The number of carbonyl (C=O) groups is 1. The van der Waals surface area contributed by atoms with Gasteiger partial charge in [-0.2, -0.15) is 0 Å². The van der Waals surface area contributed by atoms with Crippen LogP contribution < -0.4 is 0 Å². The Morgan fingerprint density at radius 3 is 2.65 bits per heavy atom. The van der Waals surface area contributed by atoms with Crippen LogP contribution in [0.15, 0.2) is 46.5 Å². The Labute approximate surface area is 161 Å². The summed E-state index contributed by atoms with van der Waals surface area (Å²) >= 11 is 13.2. The molecule has 0 radical (unpaired) electrons. The maximum Gasteiger partial charge on any atom is 0.270 e. The number of H-pyrrole nitrogens is 1. The number of nitrogens with one attached hydrogen (secondary N) is 1. The number of rotatable bonds is 5. The monoisotopic (exact) mass is 408 g/mol. The molecule has 3 aromatic rings. The van der Waals surface area contributed by atoms with Crippen molar-refractivity contribution < 1.29 is 9.72 Å². The standard InChI is InChI=1S/C16H10Cl2N4O3S/c1-8(23)12-7-10(22(24)25)3-5-14(12)26-16-19-15(20-21-16)11-4-2-9(17)6-13(11)18/h2-7H,1H3,(H,19,20,21). The van der Waals surface area contributed by atoms with Crippen LogP contribution in [0.2, 0.25) is 10.0 Å². The minimum Gasteiger partial charge on any atom is -0.294 e. The van der Waals surface area contributed by atoms with E-state index in [0.717, 1.165) is 11.8 Å². The third-order valence-corrected chi connectivity index (χ3v) is 4.89. The quantitative estimate of drug-likeness (QED) is 0.360. The largest absolute Gasteiger partial charge is 0.294 e. The molecule has 7 nitrogen and oxygen atoms in total. The van der Waals surface area contributed by atoms with Crippen molar-refractivity contribution in [2.45, 2.75) is 17.0 Å². The average molecular weight is 409 g/mol. The van der Waals surface area contributed by atoms with Crippen molar-refractivity contribution >= 4 is 46.4 Å². The molecule has 0 saturated heterocycles. The van der Waals surface area contributed by atoms with Gasteiger partial charge >= 0.3 is 0 Å². The minimum atomic E-state index is -0.547. The number of benzene rings is 2. The molecule has 0 saturated carbocycles. The summed E-state index contributed by atoms with van der Waals surface area (Å²) < 4.78 is 0. The number of ketones is 1. The maximum absolute atomic E-state index is 11.8. The second-order valence-corrected chi connectivity index (χ2v) is 7.04. The van der Waals surface area contributed by atoms with Crippen molar-refractivity contribution in [3.05, 3.63) is 62.1 Å². The predicted molar refractivity (Wildman–Crippen MR) is 99.1 cm³/mol. The fourth-order valence-corrected chi connectivity index (χ4v) is 3.56. The Hall–Kier alpha value is -2.42. The Bertz CT molecular complexity index is 1020. The highest BCUT2D eigenvalue weighted by Crippen LogP contribution is 2.33. The highest BCUT2D eigenvalue weighted by molar-refractivity contribution is 7.99. The lowest BCUT2D eigenvalue weighted by molar-refractivity contribution is -0.384. The van der Waals surface area contributed by atoms with Gasteiger partial charge in [-0.15, -0.1) is 5.10 Å². The van der Waals surface area contributed by atoms with Crippen LogP contribution in [-0.2, 0) is 0 Å². The van der Waals surface area contributed by atoms with E-state index >= 15 is 0 Å². The van der Waals surface area contributed by atoms with Gasteiger partial charge in [0.15, 0.2) is 11.6 Å². The topological polar surface area (TPSA) is 102 Å². The van der Waals surface area contributed by atoms with E-state index in [1.54, 1.807) is 18.2 Å². The van der Waals surface area contributed by atoms with E-state index in [2.05, 4.69) is 15.2 Å². The molecule has 0 unspecified atom stereocenters. The zero-order valence-corrected chi connectivity index (χ0v) is 15.5.